The molecule has 108 valence electrons. The van der Waals surface area contributed by atoms with Crippen molar-refractivity contribution in [3.05, 3.63) is 0 Å². The Bertz CT molecular complexity index is 321. The second kappa shape index (κ2) is 8.06. The summed E-state index contributed by atoms with van der Waals surface area (Å²) in [6, 6.07) is 0. The molecule has 0 aliphatic carbocycles. The zero-order valence-electron chi connectivity index (χ0n) is 11.3. The Kier molecular flexibility index (Phi) is 7.10. The standard InChI is InChI=1S/C11H25N3O3S/c1-3-14-6-7-17-11(10-14)9-13-18(15,16)8-4-5-12-2/h11-13H,3-10H2,1-2H3. The SMILES string of the molecule is CCN1CCOC(CNS(=O)(=O)CCCNC)C1. The highest BCUT2D eigenvalue weighted by atomic mass is 32.2. The number of likely N-dealkylation sites (N-methyl/N-ethyl adjacent to an activating group) is 1. The Morgan fingerprint density at radius 2 is 2.22 bits per heavy atom. The molecule has 0 amide bonds. The van der Waals surface area contributed by atoms with Gasteiger partial charge in [0.15, 0.2) is 0 Å². The van der Waals surface area contributed by atoms with Gasteiger partial charge in [-0.2, -0.15) is 0 Å². The molecule has 1 aliphatic heterocycles. The molecule has 1 aliphatic rings. The molecule has 1 atom stereocenters. The first-order valence-electron chi connectivity index (χ1n) is 6.53. The first kappa shape index (κ1) is 15.8. The molecule has 1 saturated heterocycles. The van der Waals surface area contributed by atoms with E-state index in [0.717, 1.165) is 19.6 Å². The van der Waals surface area contributed by atoms with Gasteiger partial charge in [0.1, 0.15) is 0 Å². The number of hydrogen-bond donors (Lipinski definition) is 2. The van der Waals surface area contributed by atoms with E-state index in [2.05, 4.69) is 21.9 Å². The number of morpholine rings is 1. The smallest absolute Gasteiger partial charge is 0.211 e. The molecular weight excluding hydrogens is 254 g/mol. The summed E-state index contributed by atoms with van der Waals surface area (Å²) in [7, 11) is -1.35. The molecule has 1 rings (SSSR count). The summed E-state index contributed by atoms with van der Waals surface area (Å²) in [5, 5.41) is 2.94. The average Bonchev–Trinajstić information content (AvgIpc) is 2.37. The van der Waals surface area contributed by atoms with Crippen LogP contribution in [0.4, 0.5) is 0 Å². The van der Waals surface area contributed by atoms with Crippen LogP contribution in [0.3, 0.4) is 0 Å². The van der Waals surface area contributed by atoms with E-state index in [9.17, 15) is 8.42 Å². The summed E-state index contributed by atoms with van der Waals surface area (Å²) < 4.78 is 31.6. The minimum absolute atomic E-state index is 0.0298. The lowest BCUT2D eigenvalue weighted by molar-refractivity contribution is -0.0229. The summed E-state index contributed by atoms with van der Waals surface area (Å²) in [6.07, 6.45) is 0.594. The summed E-state index contributed by atoms with van der Waals surface area (Å²) in [5.41, 5.74) is 0. The van der Waals surface area contributed by atoms with Gasteiger partial charge in [-0.25, -0.2) is 13.1 Å². The van der Waals surface area contributed by atoms with Gasteiger partial charge < -0.3 is 10.1 Å². The first-order chi connectivity index (χ1) is 8.57. The van der Waals surface area contributed by atoms with Crippen molar-refractivity contribution < 1.29 is 13.2 Å². The predicted octanol–water partition coefficient (Wildman–Crippen LogP) is -0.764. The highest BCUT2D eigenvalue weighted by molar-refractivity contribution is 7.89. The Balaban J connectivity index is 2.26. The molecule has 0 spiro atoms. The molecule has 0 aromatic rings. The number of hydrogen-bond acceptors (Lipinski definition) is 5. The fourth-order valence-electron chi connectivity index (χ4n) is 1.92. The van der Waals surface area contributed by atoms with Crippen molar-refractivity contribution in [3.8, 4) is 0 Å². The van der Waals surface area contributed by atoms with Crippen LogP contribution >= 0.6 is 0 Å². The van der Waals surface area contributed by atoms with E-state index in [1.54, 1.807) is 0 Å². The van der Waals surface area contributed by atoms with E-state index >= 15 is 0 Å². The molecular formula is C11H25N3O3S. The number of nitrogens with zero attached hydrogens (tertiary/aromatic N) is 1. The van der Waals surface area contributed by atoms with Crippen molar-refractivity contribution in [3.63, 3.8) is 0 Å². The first-order valence-corrected chi connectivity index (χ1v) is 8.18. The number of nitrogens with one attached hydrogen (secondary N) is 2. The fraction of sp³-hybridized carbons (Fsp3) is 1.00. The summed E-state index contributed by atoms with van der Waals surface area (Å²) in [6.45, 7) is 6.58. The predicted molar refractivity (Wildman–Crippen MR) is 72.2 cm³/mol. The highest BCUT2D eigenvalue weighted by Gasteiger charge is 2.21. The van der Waals surface area contributed by atoms with Crippen molar-refractivity contribution >= 4 is 10.0 Å². The van der Waals surface area contributed by atoms with Gasteiger partial charge in [0.2, 0.25) is 10.0 Å². The second-order valence-corrected chi connectivity index (χ2v) is 6.44. The third-order valence-corrected chi connectivity index (χ3v) is 4.47. The quantitative estimate of drug-likeness (QED) is 0.571. The van der Waals surface area contributed by atoms with Crippen LogP contribution in [0, 0.1) is 0 Å². The number of rotatable bonds is 8. The van der Waals surface area contributed by atoms with Crippen LogP contribution in [0.2, 0.25) is 0 Å². The van der Waals surface area contributed by atoms with Crippen LogP contribution in [0.1, 0.15) is 13.3 Å². The number of sulfonamides is 1. The molecule has 18 heavy (non-hydrogen) atoms. The monoisotopic (exact) mass is 279 g/mol. The van der Waals surface area contributed by atoms with Crippen molar-refractivity contribution in [2.24, 2.45) is 0 Å². The maximum atomic E-state index is 11.7. The van der Waals surface area contributed by atoms with E-state index in [1.807, 2.05) is 7.05 Å². The van der Waals surface area contributed by atoms with Crippen LogP contribution in [0.15, 0.2) is 0 Å². The topological polar surface area (TPSA) is 70.7 Å². The molecule has 6 nitrogen and oxygen atoms in total. The zero-order valence-corrected chi connectivity index (χ0v) is 12.1. The third kappa shape index (κ3) is 6.10. The van der Waals surface area contributed by atoms with Gasteiger partial charge in [-0.1, -0.05) is 6.92 Å². The van der Waals surface area contributed by atoms with Gasteiger partial charge in [0, 0.05) is 19.6 Å². The third-order valence-electron chi connectivity index (χ3n) is 3.04. The van der Waals surface area contributed by atoms with Crippen molar-refractivity contribution in [1.82, 2.24) is 14.9 Å². The van der Waals surface area contributed by atoms with Gasteiger partial charge >= 0.3 is 0 Å². The highest BCUT2D eigenvalue weighted by Crippen LogP contribution is 2.04. The van der Waals surface area contributed by atoms with Crippen molar-refractivity contribution in [2.45, 2.75) is 19.4 Å². The summed E-state index contributed by atoms with van der Waals surface area (Å²) in [5.74, 6) is 0.165. The Labute approximate surface area is 110 Å². The molecule has 0 bridgehead atoms. The molecule has 1 unspecified atom stereocenters. The number of ether oxygens (including phenoxy) is 1. The van der Waals surface area contributed by atoms with Crippen molar-refractivity contribution in [1.29, 1.82) is 0 Å². The molecule has 0 aromatic carbocycles. The summed E-state index contributed by atoms with van der Waals surface area (Å²) >= 11 is 0. The van der Waals surface area contributed by atoms with Gasteiger partial charge in [-0.15, -0.1) is 0 Å². The largest absolute Gasteiger partial charge is 0.374 e. The second-order valence-electron chi connectivity index (χ2n) is 4.51. The van der Waals surface area contributed by atoms with Crippen molar-refractivity contribution in [2.75, 3.05) is 52.1 Å². The lowest BCUT2D eigenvalue weighted by Crippen LogP contribution is -2.47. The van der Waals surface area contributed by atoms with E-state index in [1.165, 1.54) is 0 Å². The molecule has 0 radical (unpaired) electrons. The lowest BCUT2D eigenvalue weighted by Gasteiger charge is -2.32. The fourth-order valence-corrected chi connectivity index (χ4v) is 3.03. The van der Waals surface area contributed by atoms with E-state index in [4.69, 9.17) is 4.74 Å². The summed E-state index contributed by atoms with van der Waals surface area (Å²) in [4.78, 5) is 2.27. The van der Waals surface area contributed by atoms with E-state index in [-0.39, 0.29) is 11.9 Å². The normalized spacial score (nSPS) is 22.2. The lowest BCUT2D eigenvalue weighted by atomic mass is 10.3. The maximum Gasteiger partial charge on any atom is 0.211 e. The maximum absolute atomic E-state index is 11.7. The minimum atomic E-state index is -3.17. The van der Waals surface area contributed by atoms with Gasteiger partial charge in [0.25, 0.3) is 0 Å². The van der Waals surface area contributed by atoms with Crippen LogP contribution < -0.4 is 10.0 Å². The van der Waals surface area contributed by atoms with Gasteiger partial charge in [-0.05, 0) is 26.6 Å². The van der Waals surface area contributed by atoms with Crippen LogP contribution in [0.25, 0.3) is 0 Å². The Morgan fingerprint density at radius 3 is 2.89 bits per heavy atom. The van der Waals surface area contributed by atoms with Crippen LogP contribution in [-0.2, 0) is 14.8 Å². The Morgan fingerprint density at radius 1 is 1.44 bits per heavy atom. The van der Waals surface area contributed by atoms with E-state index < -0.39 is 10.0 Å². The zero-order chi connectivity index (χ0) is 13.4. The van der Waals surface area contributed by atoms with Crippen LogP contribution in [-0.4, -0.2) is 71.6 Å². The Hall–Kier alpha value is -0.210. The molecule has 1 fully saturated rings. The molecule has 1 heterocycles. The molecule has 0 saturated carbocycles. The van der Waals surface area contributed by atoms with Gasteiger partial charge in [0.05, 0.1) is 18.5 Å². The molecule has 0 aromatic heterocycles. The van der Waals surface area contributed by atoms with E-state index in [0.29, 0.717) is 26.1 Å². The van der Waals surface area contributed by atoms with Gasteiger partial charge in [-0.3, -0.25) is 4.90 Å². The molecule has 7 heteroatoms. The minimum Gasteiger partial charge on any atom is -0.374 e. The average molecular weight is 279 g/mol. The van der Waals surface area contributed by atoms with Crippen LogP contribution in [0.5, 0.6) is 0 Å². The molecule has 2 N–H and O–H groups in total.